The van der Waals surface area contributed by atoms with Crippen molar-refractivity contribution in [3.63, 3.8) is 0 Å². The molecule has 2 aromatic heterocycles. The maximum atomic E-state index is 10.8. The van der Waals surface area contributed by atoms with Crippen LogP contribution in [-0.2, 0) is 4.74 Å². The van der Waals surface area contributed by atoms with E-state index in [1.165, 1.54) is 25.1 Å². The number of hydrogen-bond donors (Lipinski definition) is 4. The van der Waals surface area contributed by atoms with Crippen LogP contribution in [-0.4, -0.2) is 72.0 Å². The van der Waals surface area contributed by atoms with Gasteiger partial charge >= 0.3 is 0 Å². The van der Waals surface area contributed by atoms with E-state index >= 15 is 0 Å². The lowest BCUT2D eigenvalue weighted by Gasteiger charge is -2.27. The monoisotopic (exact) mass is 424 g/mol. The molecule has 31 heavy (non-hydrogen) atoms. The Morgan fingerprint density at radius 1 is 1.23 bits per heavy atom. The second kappa shape index (κ2) is 7.65. The minimum atomic E-state index is -1.62. The fourth-order valence-corrected chi connectivity index (χ4v) is 4.29. The zero-order valence-electron chi connectivity index (χ0n) is 17.0. The van der Waals surface area contributed by atoms with Gasteiger partial charge in [-0.05, 0) is 25.0 Å². The molecule has 2 aliphatic heterocycles. The largest absolute Gasteiger partial charge is 0.394 e. The molecule has 10 nitrogen and oxygen atoms in total. The van der Waals surface area contributed by atoms with Gasteiger partial charge in [0.2, 0.25) is 0 Å². The van der Waals surface area contributed by atoms with E-state index in [2.05, 4.69) is 31.3 Å². The molecule has 0 bridgehead atoms. The second-order valence-electron chi connectivity index (χ2n) is 8.09. The zero-order valence-corrected chi connectivity index (χ0v) is 17.0. The third kappa shape index (κ3) is 3.28. The molecule has 0 spiro atoms. The first-order valence-electron chi connectivity index (χ1n) is 10.2. The summed E-state index contributed by atoms with van der Waals surface area (Å²) in [5.41, 5.74) is 1.61. The molecule has 3 aromatic rings. The Kier molecular flexibility index (Phi) is 4.94. The fourth-order valence-electron chi connectivity index (χ4n) is 4.29. The molecule has 4 heterocycles. The molecule has 1 fully saturated rings. The summed E-state index contributed by atoms with van der Waals surface area (Å²) in [4.78, 5) is 17.5. The minimum absolute atomic E-state index is 0.248. The van der Waals surface area contributed by atoms with Gasteiger partial charge in [-0.2, -0.15) is 0 Å². The summed E-state index contributed by atoms with van der Waals surface area (Å²) in [7, 11) is 0. The third-order valence-corrected chi connectivity index (χ3v) is 6.02. The van der Waals surface area contributed by atoms with E-state index in [4.69, 9.17) is 4.74 Å². The van der Waals surface area contributed by atoms with Crippen LogP contribution in [0.2, 0.25) is 0 Å². The molecule has 1 aromatic carbocycles. The van der Waals surface area contributed by atoms with Crippen molar-refractivity contribution in [3.8, 4) is 0 Å². The summed E-state index contributed by atoms with van der Waals surface area (Å²) in [5, 5.41) is 33.8. The number of fused-ring (bicyclic) bond motifs is 2. The van der Waals surface area contributed by atoms with Crippen molar-refractivity contribution in [2.24, 2.45) is 4.99 Å². The van der Waals surface area contributed by atoms with Crippen LogP contribution in [0, 0.1) is 0 Å². The molecule has 1 saturated heterocycles. The van der Waals surface area contributed by atoms with E-state index in [-0.39, 0.29) is 5.92 Å². The average Bonchev–Trinajstić information content (AvgIpc) is 3.44. The molecule has 5 atom stereocenters. The maximum absolute atomic E-state index is 10.8. The normalized spacial score (nSPS) is 29.5. The molecule has 2 aliphatic rings. The number of aliphatic hydroxyl groups excluding tert-OH is 2. The van der Waals surface area contributed by atoms with Crippen molar-refractivity contribution in [1.82, 2.24) is 19.5 Å². The van der Waals surface area contributed by atoms with Crippen molar-refractivity contribution in [2.45, 2.75) is 43.3 Å². The van der Waals surface area contributed by atoms with Crippen molar-refractivity contribution in [2.75, 3.05) is 18.5 Å². The Morgan fingerprint density at radius 3 is 2.87 bits per heavy atom. The van der Waals surface area contributed by atoms with Gasteiger partial charge in [0.1, 0.15) is 24.1 Å². The highest BCUT2D eigenvalue weighted by molar-refractivity contribution is 5.83. The number of anilines is 1. The molecule has 162 valence electrons. The van der Waals surface area contributed by atoms with Crippen LogP contribution in [0.1, 0.15) is 31.1 Å². The average molecular weight is 424 g/mol. The molecule has 0 saturated carbocycles. The summed E-state index contributed by atoms with van der Waals surface area (Å²) >= 11 is 0. The molecule has 0 amide bonds. The van der Waals surface area contributed by atoms with E-state index in [0.717, 1.165) is 12.1 Å². The van der Waals surface area contributed by atoms with E-state index in [0.29, 0.717) is 23.5 Å². The molecule has 10 heteroatoms. The van der Waals surface area contributed by atoms with Gasteiger partial charge in [-0.15, -0.1) is 0 Å². The van der Waals surface area contributed by atoms with Crippen molar-refractivity contribution in [1.29, 1.82) is 0 Å². The standard InChI is InChI=1S/C21H24N6O4/c1-21(30)17(29)15(9-28)31-20(21)27-11-26-16-18(24-10-25-19(16)27)22-7-6-12-8-23-14-5-3-2-4-13(12)14/h2-5,8,10-12,15,17,20,28-30H,6-7,9H2,1H3,(H,22,24,25)/t12?,15-,17-,20-,21-/m1/s1. The topological polar surface area (TPSA) is 138 Å². The predicted molar refractivity (Wildman–Crippen MR) is 113 cm³/mol. The number of nitrogens with zero attached hydrogens (tertiary/aromatic N) is 5. The van der Waals surface area contributed by atoms with Crippen LogP contribution < -0.4 is 5.32 Å². The Hall–Kier alpha value is -2.92. The predicted octanol–water partition coefficient (Wildman–Crippen LogP) is 1.13. The van der Waals surface area contributed by atoms with Crippen molar-refractivity contribution >= 4 is 28.9 Å². The van der Waals surface area contributed by atoms with Crippen LogP contribution in [0.25, 0.3) is 11.2 Å². The van der Waals surface area contributed by atoms with Crippen LogP contribution in [0.15, 0.2) is 41.9 Å². The van der Waals surface area contributed by atoms with Crippen molar-refractivity contribution < 1.29 is 20.1 Å². The smallest absolute Gasteiger partial charge is 0.168 e. The van der Waals surface area contributed by atoms with Gasteiger partial charge in [0, 0.05) is 18.7 Å². The quantitative estimate of drug-likeness (QED) is 0.462. The second-order valence-corrected chi connectivity index (χ2v) is 8.09. The highest BCUT2D eigenvalue weighted by Gasteiger charge is 2.53. The number of aromatic nitrogens is 4. The summed E-state index contributed by atoms with van der Waals surface area (Å²) < 4.78 is 7.25. The Labute approximate surface area is 178 Å². The number of para-hydroxylation sites is 1. The summed E-state index contributed by atoms with van der Waals surface area (Å²) in [6.07, 6.45) is 2.65. The number of imidazole rings is 1. The fraction of sp³-hybridized carbons (Fsp3) is 0.429. The highest BCUT2D eigenvalue weighted by atomic mass is 16.6. The molecular formula is C21H24N6O4. The van der Waals surface area contributed by atoms with E-state index < -0.39 is 30.6 Å². The van der Waals surface area contributed by atoms with Gasteiger partial charge < -0.3 is 25.4 Å². The van der Waals surface area contributed by atoms with Crippen LogP contribution >= 0.6 is 0 Å². The first kappa shape index (κ1) is 20.0. The molecular weight excluding hydrogens is 400 g/mol. The zero-order chi connectivity index (χ0) is 21.6. The summed E-state index contributed by atoms with van der Waals surface area (Å²) in [6.45, 7) is 1.72. The van der Waals surface area contributed by atoms with Gasteiger partial charge in [0.25, 0.3) is 0 Å². The lowest BCUT2D eigenvalue weighted by atomic mass is 9.96. The van der Waals surface area contributed by atoms with Crippen molar-refractivity contribution in [3.05, 3.63) is 42.5 Å². The summed E-state index contributed by atoms with van der Waals surface area (Å²) in [6, 6.07) is 8.11. The highest BCUT2D eigenvalue weighted by Crippen LogP contribution is 2.39. The molecule has 4 N–H and O–H groups in total. The number of nitrogens with one attached hydrogen (secondary N) is 1. The van der Waals surface area contributed by atoms with Gasteiger partial charge in [-0.1, -0.05) is 18.2 Å². The number of rotatable bonds is 6. The molecule has 0 radical (unpaired) electrons. The Morgan fingerprint density at radius 2 is 2.06 bits per heavy atom. The number of ether oxygens (including phenoxy) is 1. The molecule has 0 aliphatic carbocycles. The number of aliphatic imine (C=N–C) groups is 1. The van der Waals surface area contributed by atoms with Gasteiger partial charge in [-0.3, -0.25) is 9.56 Å². The van der Waals surface area contributed by atoms with Crippen LogP contribution in [0.4, 0.5) is 11.5 Å². The van der Waals surface area contributed by atoms with E-state index in [1.54, 1.807) is 4.57 Å². The first-order chi connectivity index (χ1) is 15.0. The van der Waals surface area contributed by atoms with E-state index in [9.17, 15) is 15.3 Å². The Balaban J connectivity index is 1.34. The SMILES string of the molecule is C[C@@]1(O)[C@H](O)[C@@H](CO)O[C@H]1n1cnc2c(NCCC3C=Nc4ccccc43)ncnc21. The van der Waals surface area contributed by atoms with E-state index in [1.807, 2.05) is 24.4 Å². The van der Waals surface area contributed by atoms with Gasteiger partial charge in [-0.25, -0.2) is 15.0 Å². The molecule has 5 rings (SSSR count). The minimum Gasteiger partial charge on any atom is -0.394 e. The number of benzene rings is 1. The number of aliphatic hydroxyl groups is 3. The van der Waals surface area contributed by atoms with Crippen LogP contribution in [0.3, 0.4) is 0 Å². The van der Waals surface area contributed by atoms with Gasteiger partial charge in [0.15, 0.2) is 23.2 Å². The van der Waals surface area contributed by atoms with Crippen LogP contribution in [0.5, 0.6) is 0 Å². The maximum Gasteiger partial charge on any atom is 0.168 e. The lowest BCUT2D eigenvalue weighted by Crippen LogP contribution is -2.44. The molecule has 1 unspecified atom stereocenters. The first-order valence-corrected chi connectivity index (χ1v) is 10.2. The lowest BCUT2D eigenvalue weighted by molar-refractivity contribution is -0.0950. The number of hydrogen-bond acceptors (Lipinski definition) is 9. The summed E-state index contributed by atoms with van der Waals surface area (Å²) in [5.74, 6) is 0.821. The van der Waals surface area contributed by atoms with Gasteiger partial charge in [0.05, 0.1) is 18.6 Å². The Bertz CT molecular complexity index is 1130. The third-order valence-electron chi connectivity index (χ3n) is 6.02.